The van der Waals surface area contributed by atoms with Crippen molar-refractivity contribution in [2.75, 3.05) is 26.6 Å². The Balaban J connectivity index is 2.25. The van der Waals surface area contributed by atoms with E-state index in [1.165, 1.54) is 27.5 Å². The first-order chi connectivity index (χ1) is 15.5. The van der Waals surface area contributed by atoms with Crippen molar-refractivity contribution in [3.63, 3.8) is 0 Å². The van der Waals surface area contributed by atoms with Crippen LogP contribution in [0, 0.1) is 5.92 Å². The Bertz CT molecular complexity index is 998. The molecule has 0 spiro atoms. The van der Waals surface area contributed by atoms with Crippen molar-refractivity contribution < 1.29 is 32.9 Å². The van der Waals surface area contributed by atoms with Gasteiger partial charge in [0.1, 0.15) is 29.6 Å². The monoisotopic (exact) mass is 485 g/mol. The van der Waals surface area contributed by atoms with E-state index in [0.717, 1.165) is 0 Å². The van der Waals surface area contributed by atoms with Gasteiger partial charge in [-0.15, -0.1) is 0 Å². The maximum atomic E-state index is 12.5. The fourth-order valence-corrected chi connectivity index (χ4v) is 3.93. The predicted molar refractivity (Wildman–Crippen MR) is 121 cm³/mol. The van der Waals surface area contributed by atoms with E-state index in [1.54, 1.807) is 37.4 Å². The summed E-state index contributed by atoms with van der Waals surface area (Å²) in [5, 5.41) is 6.78. The van der Waals surface area contributed by atoms with Crippen LogP contribution in [0.3, 0.4) is 0 Å². The van der Waals surface area contributed by atoms with E-state index in [2.05, 4.69) is 19.9 Å². The molecular weight excluding hydrogens is 453 g/mol. The number of anilines is 1. The molecule has 2 aromatic rings. The smallest absolute Gasteiger partial charge is 0.322 e. The van der Waals surface area contributed by atoms with Crippen LogP contribution in [-0.4, -0.2) is 65.1 Å². The molecule has 2 heterocycles. The first-order valence-corrected chi connectivity index (χ1v) is 11.7. The summed E-state index contributed by atoms with van der Waals surface area (Å²) in [4.78, 5) is 28.0. The van der Waals surface area contributed by atoms with E-state index >= 15 is 0 Å². The van der Waals surface area contributed by atoms with Gasteiger partial charge in [0.05, 0.1) is 19.6 Å². The third-order valence-corrected chi connectivity index (χ3v) is 6.29. The Labute approximate surface area is 193 Å². The standard InChI is InChI=1S/C20H32N5O7P/c1-12(2)18(26)32-16(9-14-7-8-15-17(21)22-11-23-25(14)15)20(4,30-6)10-31-33(28)24-13(3)19(27)29-5/h7-8,11-13,16,33H,9-10H2,1-6H3,(H,24,28)(H2,21,22,23)/t13-,16-,20+/m0/s1. The van der Waals surface area contributed by atoms with Crippen molar-refractivity contribution in [2.45, 2.75) is 51.9 Å². The molecule has 4 atom stereocenters. The number of nitrogens with zero attached hydrogens (tertiary/aromatic N) is 3. The molecule has 0 aliphatic rings. The van der Waals surface area contributed by atoms with E-state index in [-0.39, 0.29) is 18.9 Å². The molecule has 0 amide bonds. The number of carbonyl (C=O) groups excluding carboxylic acids is 2. The molecule has 0 aliphatic carbocycles. The van der Waals surface area contributed by atoms with Gasteiger partial charge in [0.25, 0.3) is 8.18 Å². The highest BCUT2D eigenvalue weighted by atomic mass is 31.1. The third kappa shape index (κ3) is 6.73. The number of nitrogen functional groups attached to an aromatic ring is 1. The molecule has 2 rings (SSSR count). The number of nitrogens with two attached hydrogens (primary N) is 1. The van der Waals surface area contributed by atoms with Crippen LogP contribution in [0.1, 0.15) is 33.4 Å². The molecule has 13 heteroatoms. The van der Waals surface area contributed by atoms with Crippen LogP contribution in [-0.2, 0) is 39.3 Å². The van der Waals surface area contributed by atoms with Crippen molar-refractivity contribution in [3.8, 4) is 0 Å². The van der Waals surface area contributed by atoms with Crippen LogP contribution in [0.5, 0.6) is 0 Å². The molecule has 0 fully saturated rings. The van der Waals surface area contributed by atoms with Crippen LogP contribution in [0.25, 0.3) is 5.52 Å². The topological polar surface area (TPSA) is 156 Å². The van der Waals surface area contributed by atoms with Gasteiger partial charge in [0.2, 0.25) is 0 Å². The van der Waals surface area contributed by atoms with Crippen LogP contribution in [0.2, 0.25) is 0 Å². The molecule has 0 bridgehead atoms. The van der Waals surface area contributed by atoms with E-state index in [1.807, 2.05) is 0 Å². The number of methoxy groups -OCH3 is 2. The SMILES string of the molecule is COC(=O)[C@H](C)N[PH](=O)OC[C@@](C)(OC)[C@H](Cc1ccc2c(N)ncnn12)OC(=O)C(C)C. The number of carbonyl (C=O) groups is 2. The van der Waals surface area contributed by atoms with Gasteiger partial charge < -0.3 is 24.5 Å². The zero-order valence-corrected chi connectivity index (χ0v) is 20.7. The normalized spacial score (nSPS) is 16.2. The number of nitrogens with one attached hydrogen (secondary N) is 1. The highest BCUT2D eigenvalue weighted by molar-refractivity contribution is 7.36. The molecule has 2 aromatic heterocycles. The second-order valence-electron chi connectivity index (χ2n) is 8.03. The summed E-state index contributed by atoms with van der Waals surface area (Å²) in [7, 11) is -0.152. The van der Waals surface area contributed by atoms with Crippen molar-refractivity contribution >= 4 is 31.5 Å². The number of rotatable bonds is 12. The molecule has 0 aromatic carbocycles. The lowest BCUT2D eigenvalue weighted by Gasteiger charge is -2.36. The van der Waals surface area contributed by atoms with E-state index in [0.29, 0.717) is 17.0 Å². The molecule has 0 radical (unpaired) electrons. The van der Waals surface area contributed by atoms with Crippen molar-refractivity contribution in [3.05, 3.63) is 24.2 Å². The molecule has 33 heavy (non-hydrogen) atoms. The molecule has 0 saturated carbocycles. The average Bonchev–Trinajstić information content (AvgIpc) is 3.20. The van der Waals surface area contributed by atoms with E-state index < -0.39 is 37.9 Å². The minimum Gasteiger partial charge on any atom is -0.468 e. The first-order valence-electron chi connectivity index (χ1n) is 10.4. The van der Waals surface area contributed by atoms with E-state index in [9.17, 15) is 14.2 Å². The van der Waals surface area contributed by atoms with Gasteiger partial charge in [-0.3, -0.25) is 14.2 Å². The molecule has 12 nitrogen and oxygen atoms in total. The fourth-order valence-electron chi connectivity index (χ4n) is 2.96. The molecule has 3 N–H and O–H groups in total. The highest BCUT2D eigenvalue weighted by Crippen LogP contribution is 2.29. The Morgan fingerprint density at radius 2 is 1.94 bits per heavy atom. The van der Waals surface area contributed by atoms with Crippen LogP contribution in [0.15, 0.2) is 18.5 Å². The lowest BCUT2D eigenvalue weighted by molar-refractivity contribution is -0.175. The number of esters is 2. The number of aromatic nitrogens is 3. The lowest BCUT2D eigenvalue weighted by Crippen LogP contribution is -2.49. The maximum absolute atomic E-state index is 12.5. The predicted octanol–water partition coefficient (Wildman–Crippen LogP) is 1.38. The Hall–Kier alpha value is -2.53. The summed E-state index contributed by atoms with van der Waals surface area (Å²) in [6.07, 6.45) is 0.725. The van der Waals surface area contributed by atoms with Crippen LogP contribution < -0.4 is 10.8 Å². The zero-order chi connectivity index (χ0) is 24.8. The summed E-state index contributed by atoms with van der Waals surface area (Å²) < 4.78 is 35.5. The fraction of sp³-hybridized carbons (Fsp3) is 0.600. The summed E-state index contributed by atoms with van der Waals surface area (Å²) in [6.45, 7) is 6.45. The third-order valence-electron chi connectivity index (χ3n) is 5.21. The zero-order valence-electron chi connectivity index (χ0n) is 19.7. The largest absolute Gasteiger partial charge is 0.468 e. The average molecular weight is 485 g/mol. The summed E-state index contributed by atoms with van der Waals surface area (Å²) in [6, 6.07) is 2.75. The number of hydrogen-bond donors (Lipinski definition) is 2. The van der Waals surface area contributed by atoms with Crippen LogP contribution >= 0.6 is 8.18 Å². The number of fused-ring (bicyclic) bond motifs is 1. The molecular formula is C20H32N5O7P. The van der Waals surface area contributed by atoms with Crippen LogP contribution in [0.4, 0.5) is 5.82 Å². The summed E-state index contributed by atoms with van der Waals surface area (Å²) >= 11 is 0. The minimum absolute atomic E-state index is 0.182. The van der Waals surface area contributed by atoms with Gasteiger partial charge in [-0.25, -0.2) is 14.6 Å². The maximum Gasteiger partial charge on any atom is 0.322 e. The van der Waals surface area contributed by atoms with Gasteiger partial charge >= 0.3 is 11.9 Å². The first kappa shape index (κ1) is 26.7. The number of ether oxygens (including phenoxy) is 3. The van der Waals surface area contributed by atoms with Gasteiger partial charge in [0, 0.05) is 19.2 Å². The summed E-state index contributed by atoms with van der Waals surface area (Å²) in [5.74, 6) is -1.06. The molecule has 0 aliphatic heterocycles. The van der Waals surface area contributed by atoms with Crippen molar-refractivity contribution in [1.29, 1.82) is 0 Å². The second-order valence-corrected chi connectivity index (χ2v) is 9.19. The lowest BCUT2D eigenvalue weighted by atomic mass is 9.95. The Morgan fingerprint density at radius 3 is 2.55 bits per heavy atom. The quantitative estimate of drug-likeness (QED) is 0.331. The Morgan fingerprint density at radius 1 is 1.24 bits per heavy atom. The van der Waals surface area contributed by atoms with Gasteiger partial charge in [-0.2, -0.15) is 5.10 Å². The Kier molecular flexibility index (Phi) is 9.35. The molecule has 0 saturated heterocycles. The second kappa shape index (κ2) is 11.6. The van der Waals surface area contributed by atoms with Gasteiger partial charge in [-0.05, 0) is 26.0 Å². The highest BCUT2D eigenvalue weighted by Gasteiger charge is 2.39. The van der Waals surface area contributed by atoms with Gasteiger partial charge in [-0.1, -0.05) is 13.8 Å². The number of hydrogen-bond acceptors (Lipinski definition) is 10. The van der Waals surface area contributed by atoms with Crippen molar-refractivity contribution in [1.82, 2.24) is 19.7 Å². The molecule has 1 unspecified atom stereocenters. The van der Waals surface area contributed by atoms with Crippen molar-refractivity contribution in [2.24, 2.45) is 5.92 Å². The van der Waals surface area contributed by atoms with E-state index in [4.69, 9.17) is 19.7 Å². The molecule has 184 valence electrons. The summed E-state index contributed by atoms with van der Waals surface area (Å²) in [5.41, 5.74) is 6.05. The minimum atomic E-state index is -2.83. The van der Waals surface area contributed by atoms with Gasteiger partial charge in [0.15, 0.2) is 5.82 Å².